The van der Waals surface area contributed by atoms with Crippen LogP contribution in [0.1, 0.15) is 104 Å². The molecule has 0 unspecified atom stereocenters. The summed E-state index contributed by atoms with van der Waals surface area (Å²) in [6.07, 6.45) is 12.4. The van der Waals surface area contributed by atoms with Crippen molar-refractivity contribution in [2.75, 3.05) is 0 Å². The molecule has 3 rings (SSSR count). The van der Waals surface area contributed by atoms with Gasteiger partial charge in [0.25, 0.3) is 0 Å². The Kier molecular flexibility index (Phi) is 9.74. The summed E-state index contributed by atoms with van der Waals surface area (Å²) in [5.41, 5.74) is 2.87. The lowest BCUT2D eigenvalue weighted by molar-refractivity contribution is -0.113. The minimum absolute atomic E-state index is 0.0263. The van der Waals surface area contributed by atoms with Gasteiger partial charge in [-0.2, -0.15) is 0 Å². The lowest BCUT2D eigenvalue weighted by atomic mass is 9.84. The van der Waals surface area contributed by atoms with Crippen molar-refractivity contribution in [3.05, 3.63) is 78.0 Å². The first-order valence-electron chi connectivity index (χ1n) is 14.0. The maximum Gasteiger partial charge on any atom is 0.219 e. The van der Waals surface area contributed by atoms with Gasteiger partial charge in [-0.1, -0.05) is 81.0 Å². The zero-order valence-corrected chi connectivity index (χ0v) is 26.8. The number of thioether (sulfide) groups is 1. The quantitative estimate of drug-likeness (QED) is 0.258. The molecule has 0 fully saturated rings. The Morgan fingerprint density at radius 2 is 1.53 bits per heavy atom. The highest BCUT2D eigenvalue weighted by Gasteiger charge is 2.34. The second kappa shape index (κ2) is 12.1. The standard InChI is InChI=1S/C34H46O2S2/c1-21(2)11-13-25-15-23(19-29(37-25)33(5,6)7)17-27-31(35)28(32(27)36)18-24-16-26(14-12-22(3)4)38-30(20-24)34(8,9)10/h15-22H,11-14H2,1-10H3/p+1. The van der Waals surface area contributed by atoms with Crippen molar-refractivity contribution in [2.45, 2.75) is 100 Å². The molecule has 0 aromatic carbocycles. The third kappa shape index (κ3) is 8.05. The zero-order valence-electron chi connectivity index (χ0n) is 25.1. The average Bonchev–Trinajstić information content (AvgIpc) is 2.81. The summed E-state index contributed by atoms with van der Waals surface area (Å²) >= 11 is 3.72. The van der Waals surface area contributed by atoms with Crippen molar-refractivity contribution in [1.82, 2.24) is 0 Å². The second-order valence-corrected chi connectivity index (χ2v) is 15.9. The molecule has 206 valence electrons. The lowest BCUT2D eigenvalue weighted by Crippen LogP contribution is -2.21. The van der Waals surface area contributed by atoms with E-state index in [0.717, 1.165) is 36.8 Å². The molecule has 0 bridgehead atoms. The number of hydrogen-bond donors (Lipinski definition) is 1. The molecule has 2 aliphatic rings. The van der Waals surface area contributed by atoms with Gasteiger partial charge >= 0.3 is 0 Å². The van der Waals surface area contributed by atoms with Gasteiger partial charge in [-0.3, -0.25) is 4.79 Å². The SMILES string of the molecule is CC(C)CCC1=CC(=CC2=C(O)C(=Cc3cc(CCC(C)C)[s+]c(C(C)(C)C)c3)C2=O)C=C(C(C)(C)C)S1. The fourth-order valence-corrected chi connectivity index (χ4v) is 6.61. The molecule has 1 aromatic heterocycles. The summed E-state index contributed by atoms with van der Waals surface area (Å²) in [7, 11) is 0. The van der Waals surface area contributed by atoms with Crippen molar-refractivity contribution in [3.8, 4) is 0 Å². The highest BCUT2D eigenvalue weighted by Crippen LogP contribution is 2.45. The Bertz CT molecular complexity index is 1220. The maximum atomic E-state index is 13.2. The molecule has 2 nitrogen and oxygen atoms in total. The van der Waals surface area contributed by atoms with Crippen LogP contribution in [-0.2, 0) is 16.6 Å². The molecule has 2 heterocycles. The first-order valence-corrected chi connectivity index (χ1v) is 15.7. The van der Waals surface area contributed by atoms with Crippen LogP contribution in [0.4, 0.5) is 0 Å². The molecule has 1 aromatic rings. The van der Waals surface area contributed by atoms with Gasteiger partial charge in [0, 0.05) is 24.0 Å². The normalized spacial score (nSPS) is 19.0. The molecule has 0 spiro atoms. The third-order valence-electron chi connectivity index (χ3n) is 6.77. The van der Waals surface area contributed by atoms with Crippen LogP contribution in [0, 0.1) is 17.3 Å². The Hall–Kier alpha value is -1.91. The van der Waals surface area contributed by atoms with Crippen LogP contribution < -0.4 is 0 Å². The van der Waals surface area contributed by atoms with Crippen LogP contribution in [0.2, 0.25) is 0 Å². The van der Waals surface area contributed by atoms with Gasteiger partial charge in [-0.15, -0.1) is 0 Å². The summed E-state index contributed by atoms with van der Waals surface area (Å²) in [5.74, 6) is 1.31. The molecule has 4 heteroatoms. The van der Waals surface area contributed by atoms with Crippen LogP contribution in [-0.4, -0.2) is 10.9 Å². The van der Waals surface area contributed by atoms with E-state index in [9.17, 15) is 9.90 Å². The van der Waals surface area contributed by atoms with Gasteiger partial charge in [0.2, 0.25) is 26.9 Å². The van der Waals surface area contributed by atoms with E-state index in [1.807, 2.05) is 35.3 Å². The number of hydrogen-bond acceptors (Lipinski definition) is 3. The lowest BCUT2D eigenvalue weighted by Gasteiger charge is -2.27. The summed E-state index contributed by atoms with van der Waals surface area (Å²) in [5, 5.41) is 11.0. The van der Waals surface area contributed by atoms with Crippen molar-refractivity contribution in [1.29, 1.82) is 0 Å². The largest absolute Gasteiger partial charge is 0.506 e. The topological polar surface area (TPSA) is 37.3 Å². The molecule has 1 aliphatic heterocycles. The van der Waals surface area contributed by atoms with Crippen LogP contribution in [0.15, 0.2) is 62.6 Å². The van der Waals surface area contributed by atoms with E-state index in [0.29, 0.717) is 23.0 Å². The van der Waals surface area contributed by atoms with Gasteiger partial charge in [0.05, 0.1) is 11.1 Å². The molecular weight excluding hydrogens is 505 g/mol. The van der Waals surface area contributed by atoms with Crippen LogP contribution in [0.3, 0.4) is 0 Å². The average molecular weight is 552 g/mol. The number of aryl methyl sites for hydroxylation is 1. The first kappa shape index (κ1) is 30.6. The summed E-state index contributed by atoms with van der Waals surface area (Å²) < 4.78 is 0. The molecule has 0 radical (unpaired) electrons. The minimum atomic E-state index is -0.0790. The van der Waals surface area contributed by atoms with Gasteiger partial charge in [-0.25, -0.2) is 0 Å². The number of rotatable bonds is 8. The Morgan fingerprint density at radius 1 is 0.895 bits per heavy atom. The van der Waals surface area contributed by atoms with E-state index in [2.05, 4.69) is 93.5 Å². The van der Waals surface area contributed by atoms with E-state index < -0.39 is 0 Å². The van der Waals surface area contributed by atoms with E-state index >= 15 is 0 Å². The fraction of sp³-hybridized carbons (Fsp3) is 0.529. The molecule has 1 N–H and O–H groups in total. The number of carbonyl (C=O) groups excluding carboxylic acids is 1. The molecular formula is C34H47O2S2+. The van der Waals surface area contributed by atoms with Gasteiger partial charge < -0.3 is 5.11 Å². The van der Waals surface area contributed by atoms with Crippen molar-refractivity contribution in [3.63, 3.8) is 0 Å². The van der Waals surface area contributed by atoms with Crippen LogP contribution >= 0.6 is 23.1 Å². The highest BCUT2D eigenvalue weighted by atomic mass is 32.2. The van der Waals surface area contributed by atoms with E-state index in [1.54, 1.807) is 0 Å². The number of carbonyl (C=O) groups is 1. The number of Topliss-reactive ketones (excluding diaryl/α,β-unsaturated/α-hetero) is 1. The third-order valence-corrected chi connectivity index (χ3v) is 9.84. The van der Waals surface area contributed by atoms with Crippen LogP contribution in [0.25, 0.3) is 6.08 Å². The Labute approximate surface area is 239 Å². The van der Waals surface area contributed by atoms with E-state index in [-0.39, 0.29) is 22.4 Å². The van der Waals surface area contributed by atoms with Gasteiger partial charge in [-0.05, 0) is 81.8 Å². The van der Waals surface area contributed by atoms with Gasteiger partial charge in [0.15, 0.2) is 0 Å². The predicted octanol–water partition coefficient (Wildman–Crippen LogP) is 10.6. The fourth-order valence-electron chi connectivity index (χ4n) is 4.22. The summed E-state index contributed by atoms with van der Waals surface area (Å²) in [6, 6.07) is 4.36. The monoisotopic (exact) mass is 551 g/mol. The number of aliphatic hydroxyl groups excluding tert-OH is 1. The van der Waals surface area contributed by atoms with E-state index in [1.165, 1.54) is 19.6 Å². The Morgan fingerprint density at radius 3 is 2.08 bits per heavy atom. The summed E-state index contributed by atoms with van der Waals surface area (Å²) in [4.78, 5) is 18.5. The minimum Gasteiger partial charge on any atom is -0.506 e. The molecule has 38 heavy (non-hydrogen) atoms. The van der Waals surface area contributed by atoms with Gasteiger partial charge in [0.1, 0.15) is 5.76 Å². The molecule has 0 amide bonds. The number of ketones is 1. The second-order valence-electron chi connectivity index (χ2n) is 13.6. The van der Waals surface area contributed by atoms with Crippen molar-refractivity contribution in [2.24, 2.45) is 17.3 Å². The number of aliphatic hydroxyl groups is 1. The van der Waals surface area contributed by atoms with E-state index in [4.69, 9.17) is 0 Å². The maximum absolute atomic E-state index is 13.2. The predicted molar refractivity (Wildman–Crippen MR) is 169 cm³/mol. The molecule has 0 saturated heterocycles. The first-order chi connectivity index (χ1) is 17.5. The smallest absolute Gasteiger partial charge is 0.219 e. The Balaban J connectivity index is 1.97. The van der Waals surface area contributed by atoms with Crippen molar-refractivity contribution >= 4 is 35.0 Å². The van der Waals surface area contributed by atoms with Crippen LogP contribution in [0.5, 0.6) is 0 Å². The molecule has 0 atom stereocenters. The zero-order chi connectivity index (χ0) is 28.4. The highest BCUT2D eigenvalue weighted by molar-refractivity contribution is 8.06. The molecule has 1 aliphatic carbocycles. The summed E-state index contributed by atoms with van der Waals surface area (Å²) in [6.45, 7) is 22.4. The number of allylic oxidation sites excluding steroid dienone is 8. The van der Waals surface area contributed by atoms with Crippen molar-refractivity contribution < 1.29 is 9.90 Å². The molecule has 0 saturated carbocycles.